The van der Waals surface area contributed by atoms with Crippen LogP contribution in [0.4, 0.5) is 0 Å². The van der Waals surface area contributed by atoms with Crippen LogP contribution in [0, 0.1) is 0 Å². The molecule has 0 saturated carbocycles. The highest BCUT2D eigenvalue weighted by Gasteiger charge is 2.21. The molecular formula is C17H25ClN2O3S. The van der Waals surface area contributed by atoms with Crippen molar-refractivity contribution in [1.29, 1.82) is 0 Å². The van der Waals surface area contributed by atoms with E-state index < -0.39 is 9.84 Å². The molecule has 2 N–H and O–H groups in total. The molecule has 1 aromatic carbocycles. The molecule has 1 fully saturated rings. The van der Waals surface area contributed by atoms with E-state index in [0.717, 1.165) is 50.8 Å². The number of aryl methyl sites for hydroxylation is 2. The number of benzene rings is 1. The van der Waals surface area contributed by atoms with Gasteiger partial charge in [-0.05, 0) is 61.9 Å². The summed E-state index contributed by atoms with van der Waals surface area (Å²) < 4.78 is 24.9. The summed E-state index contributed by atoms with van der Waals surface area (Å²) in [5.74, 6) is -0.305. The highest BCUT2D eigenvalue weighted by Crippen LogP contribution is 2.25. The predicted molar refractivity (Wildman–Crippen MR) is 96.4 cm³/mol. The zero-order chi connectivity index (χ0) is 16.3. The summed E-state index contributed by atoms with van der Waals surface area (Å²) in [6.45, 7) is 1.75. The van der Waals surface area contributed by atoms with E-state index >= 15 is 0 Å². The second-order valence-corrected chi connectivity index (χ2v) is 8.57. The standard InChI is InChI=1S/C17H24N2O3S.ClH/c20-17(19-15-5-2-9-18-12-15)8-10-23(21,22)16-7-6-13-3-1-4-14(13)11-16;/h6-7,11,15,18H,1-5,8-10,12H2,(H,19,20);1H/t15-;/m0./s1. The fourth-order valence-electron chi connectivity index (χ4n) is 3.36. The number of rotatable bonds is 5. The van der Waals surface area contributed by atoms with Crippen LogP contribution in [0.2, 0.25) is 0 Å². The van der Waals surface area contributed by atoms with Crippen LogP contribution in [0.15, 0.2) is 23.1 Å². The van der Waals surface area contributed by atoms with E-state index in [1.807, 2.05) is 6.07 Å². The lowest BCUT2D eigenvalue weighted by Crippen LogP contribution is -2.45. The quantitative estimate of drug-likeness (QED) is 0.823. The van der Waals surface area contributed by atoms with E-state index in [0.29, 0.717) is 4.90 Å². The minimum atomic E-state index is -3.39. The Kier molecular flexibility index (Phi) is 6.66. The van der Waals surface area contributed by atoms with Gasteiger partial charge in [-0.3, -0.25) is 4.79 Å². The maximum Gasteiger partial charge on any atom is 0.221 e. The van der Waals surface area contributed by atoms with Gasteiger partial charge in [0.05, 0.1) is 10.6 Å². The van der Waals surface area contributed by atoms with Crippen LogP contribution in [0.5, 0.6) is 0 Å². The number of carbonyl (C=O) groups is 1. The number of nitrogens with one attached hydrogen (secondary N) is 2. The first-order valence-electron chi connectivity index (χ1n) is 8.39. The molecule has 1 heterocycles. The minimum Gasteiger partial charge on any atom is -0.352 e. The van der Waals surface area contributed by atoms with Crippen molar-refractivity contribution in [2.45, 2.75) is 49.5 Å². The molecular weight excluding hydrogens is 348 g/mol. The number of sulfone groups is 1. The monoisotopic (exact) mass is 372 g/mol. The summed E-state index contributed by atoms with van der Waals surface area (Å²) in [7, 11) is -3.39. The van der Waals surface area contributed by atoms with Crippen molar-refractivity contribution in [3.05, 3.63) is 29.3 Å². The van der Waals surface area contributed by atoms with Gasteiger partial charge in [0.25, 0.3) is 0 Å². The van der Waals surface area contributed by atoms with Gasteiger partial charge >= 0.3 is 0 Å². The lowest BCUT2D eigenvalue weighted by molar-refractivity contribution is -0.121. The van der Waals surface area contributed by atoms with Crippen LogP contribution >= 0.6 is 12.4 Å². The van der Waals surface area contributed by atoms with E-state index in [1.165, 1.54) is 5.56 Å². The largest absolute Gasteiger partial charge is 0.352 e. The smallest absolute Gasteiger partial charge is 0.221 e. The predicted octanol–water partition coefficient (Wildman–Crippen LogP) is 1.63. The highest BCUT2D eigenvalue weighted by atomic mass is 35.5. The minimum absolute atomic E-state index is 0. The summed E-state index contributed by atoms with van der Waals surface area (Å²) >= 11 is 0. The number of carbonyl (C=O) groups excluding carboxylic acids is 1. The average molecular weight is 373 g/mol. The normalized spacial score (nSPS) is 20.1. The Bertz CT molecular complexity index is 685. The average Bonchev–Trinajstić information content (AvgIpc) is 3.02. The van der Waals surface area contributed by atoms with Crippen molar-refractivity contribution in [2.24, 2.45) is 0 Å². The van der Waals surface area contributed by atoms with E-state index in [4.69, 9.17) is 0 Å². The Balaban J connectivity index is 0.00000208. The fourth-order valence-corrected chi connectivity index (χ4v) is 4.65. The van der Waals surface area contributed by atoms with Crippen molar-refractivity contribution in [3.8, 4) is 0 Å². The van der Waals surface area contributed by atoms with Gasteiger partial charge in [0.1, 0.15) is 0 Å². The molecule has 7 heteroatoms. The van der Waals surface area contributed by atoms with Gasteiger partial charge in [-0.1, -0.05) is 6.07 Å². The van der Waals surface area contributed by atoms with E-state index in [9.17, 15) is 13.2 Å². The molecule has 134 valence electrons. The van der Waals surface area contributed by atoms with Crippen LogP contribution in [0.1, 0.15) is 36.8 Å². The van der Waals surface area contributed by atoms with E-state index in [2.05, 4.69) is 10.6 Å². The molecule has 1 aliphatic carbocycles. The molecule has 0 spiro atoms. The van der Waals surface area contributed by atoms with Gasteiger partial charge in [0.15, 0.2) is 9.84 Å². The molecule has 0 radical (unpaired) electrons. The van der Waals surface area contributed by atoms with Crippen molar-refractivity contribution >= 4 is 28.2 Å². The molecule has 24 heavy (non-hydrogen) atoms. The second kappa shape index (κ2) is 8.32. The maximum atomic E-state index is 12.4. The Morgan fingerprint density at radius 1 is 1.21 bits per heavy atom. The topological polar surface area (TPSA) is 75.3 Å². The molecule has 1 amide bonds. The molecule has 0 bridgehead atoms. The van der Waals surface area contributed by atoms with Gasteiger partial charge in [0.2, 0.25) is 5.91 Å². The van der Waals surface area contributed by atoms with Gasteiger partial charge in [-0.2, -0.15) is 0 Å². The molecule has 0 unspecified atom stereocenters. The lowest BCUT2D eigenvalue weighted by atomic mass is 10.1. The number of fused-ring (bicyclic) bond motifs is 1. The molecule has 1 aromatic rings. The van der Waals surface area contributed by atoms with Crippen molar-refractivity contribution in [3.63, 3.8) is 0 Å². The van der Waals surface area contributed by atoms with E-state index in [-0.39, 0.29) is 36.5 Å². The number of hydrogen-bond donors (Lipinski definition) is 2. The Labute approximate surface area is 149 Å². The number of hydrogen-bond acceptors (Lipinski definition) is 4. The third kappa shape index (κ3) is 4.71. The van der Waals surface area contributed by atoms with Gasteiger partial charge < -0.3 is 10.6 Å². The van der Waals surface area contributed by atoms with Gasteiger partial charge in [-0.25, -0.2) is 8.42 Å². The van der Waals surface area contributed by atoms with Crippen molar-refractivity contribution in [2.75, 3.05) is 18.8 Å². The van der Waals surface area contributed by atoms with E-state index in [1.54, 1.807) is 12.1 Å². The Hall–Kier alpha value is -1.11. The molecule has 5 nitrogen and oxygen atoms in total. The lowest BCUT2D eigenvalue weighted by Gasteiger charge is -2.23. The van der Waals surface area contributed by atoms with Crippen molar-refractivity contribution in [1.82, 2.24) is 10.6 Å². The highest BCUT2D eigenvalue weighted by molar-refractivity contribution is 7.91. The number of piperidine rings is 1. The summed E-state index contributed by atoms with van der Waals surface area (Å²) in [5.41, 5.74) is 2.40. The Morgan fingerprint density at radius 2 is 2.00 bits per heavy atom. The van der Waals surface area contributed by atoms with Crippen LogP contribution in [-0.2, 0) is 27.5 Å². The number of amides is 1. The molecule has 1 aliphatic heterocycles. The fraction of sp³-hybridized carbons (Fsp3) is 0.588. The summed E-state index contributed by atoms with van der Waals surface area (Å²) in [5, 5.41) is 6.15. The molecule has 2 aliphatic rings. The molecule has 1 atom stereocenters. The SMILES string of the molecule is Cl.O=C(CCS(=O)(=O)c1ccc2c(c1)CCC2)N[C@H]1CCCNC1. The first-order chi connectivity index (χ1) is 11.0. The maximum absolute atomic E-state index is 12.4. The second-order valence-electron chi connectivity index (χ2n) is 6.46. The third-order valence-corrected chi connectivity index (χ3v) is 6.40. The zero-order valence-corrected chi connectivity index (χ0v) is 15.3. The summed E-state index contributed by atoms with van der Waals surface area (Å²) in [6.07, 6.45) is 5.10. The first-order valence-corrected chi connectivity index (χ1v) is 10.0. The van der Waals surface area contributed by atoms with Crippen LogP contribution < -0.4 is 10.6 Å². The van der Waals surface area contributed by atoms with Gasteiger partial charge in [0, 0.05) is 19.0 Å². The third-order valence-electron chi connectivity index (χ3n) is 4.69. The summed E-state index contributed by atoms with van der Waals surface area (Å²) in [6, 6.07) is 5.52. The first kappa shape index (κ1) is 19.2. The molecule has 3 rings (SSSR count). The van der Waals surface area contributed by atoms with Crippen LogP contribution in [0.25, 0.3) is 0 Å². The molecule has 1 saturated heterocycles. The zero-order valence-electron chi connectivity index (χ0n) is 13.7. The molecule has 0 aromatic heterocycles. The number of halogens is 1. The van der Waals surface area contributed by atoms with Gasteiger partial charge in [-0.15, -0.1) is 12.4 Å². The van der Waals surface area contributed by atoms with Crippen LogP contribution in [-0.4, -0.2) is 39.2 Å². The Morgan fingerprint density at radius 3 is 2.75 bits per heavy atom. The summed E-state index contributed by atoms with van der Waals surface area (Å²) in [4.78, 5) is 12.3. The van der Waals surface area contributed by atoms with Crippen molar-refractivity contribution < 1.29 is 13.2 Å². The van der Waals surface area contributed by atoms with Crippen LogP contribution in [0.3, 0.4) is 0 Å².